The van der Waals surface area contributed by atoms with E-state index in [1.807, 2.05) is 6.07 Å². The van der Waals surface area contributed by atoms with Gasteiger partial charge in [-0.05, 0) is 50.6 Å². The lowest BCUT2D eigenvalue weighted by Gasteiger charge is -2.23. The zero-order chi connectivity index (χ0) is 31.2. The minimum atomic E-state index is -1.28. The van der Waals surface area contributed by atoms with Gasteiger partial charge in [0.25, 0.3) is 5.56 Å². The minimum absolute atomic E-state index is 0.0929. The lowest BCUT2D eigenvalue weighted by molar-refractivity contribution is 0.0500. The Morgan fingerprint density at radius 1 is 1.12 bits per heavy atom. The number of hydrogen-bond acceptors (Lipinski definition) is 7. The Bertz CT molecular complexity index is 2000. The summed E-state index contributed by atoms with van der Waals surface area (Å²) in [6.45, 7) is 4.89. The number of nitrogens with one attached hydrogen (secondary N) is 1. The second-order valence-electron chi connectivity index (χ2n) is 11.1. The second kappa shape index (κ2) is 11.1. The largest absolute Gasteiger partial charge is 0.464 e. The van der Waals surface area contributed by atoms with Crippen molar-refractivity contribution in [1.82, 2.24) is 33.6 Å². The zero-order valence-electron chi connectivity index (χ0n) is 24.2. The average Bonchev–Trinajstić information content (AvgIpc) is 3.48. The van der Waals surface area contributed by atoms with Gasteiger partial charge in [-0.25, -0.2) is 23.9 Å². The van der Waals surface area contributed by atoms with Gasteiger partial charge in [-0.2, -0.15) is 0 Å². The van der Waals surface area contributed by atoms with Crippen LogP contribution in [0.2, 0.25) is 5.02 Å². The van der Waals surface area contributed by atoms with Crippen LogP contribution in [0.1, 0.15) is 43.9 Å². The maximum absolute atomic E-state index is 13.9. The predicted molar refractivity (Wildman–Crippen MR) is 160 cm³/mol. The third-order valence-corrected chi connectivity index (χ3v) is 7.27. The molecule has 0 saturated carbocycles. The van der Waals surface area contributed by atoms with Crippen LogP contribution in [-0.2, 0) is 31.8 Å². The summed E-state index contributed by atoms with van der Waals surface area (Å²) < 4.78 is 10.2. The van der Waals surface area contributed by atoms with E-state index in [4.69, 9.17) is 16.3 Å². The fraction of sp³-hybridized carbons (Fsp3) is 0.310. The Labute approximate surface area is 249 Å². The van der Waals surface area contributed by atoms with Gasteiger partial charge in [0.05, 0.1) is 23.8 Å². The van der Waals surface area contributed by atoms with E-state index in [0.29, 0.717) is 21.7 Å². The number of alkyl carbamates (subject to hydrolysis) is 1. The number of nitrogens with zero attached hydrogens (tertiary/aromatic N) is 6. The van der Waals surface area contributed by atoms with E-state index >= 15 is 0 Å². The summed E-state index contributed by atoms with van der Waals surface area (Å²) in [5.41, 5.74) is -0.627. The van der Waals surface area contributed by atoms with E-state index < -0.39 is 35.1 Å². The van der Waals surface area contributed by atoms with Crippen LogP contribution in [-0.4, -0.2) is 51.1 Å². The number of ether oxygens (including phenoxy) is 1. The first-order valence-electron chi connectivity index (χ1n) is 13.3. The topological polar surface area (TPSA) is 155 Å². The highest BCUT2D eigenvalue weighted by atomic mass is 35.5. The van der Waals surface area contributed by atoms with Gasteiger partial charge < -0.3 is 19.7 Å². The average molecular weight is 608 g/mol. The van der Waals surface area contributed by atoms with Crippen LogP contribution in [0.5, 0.6) is 0 Å². The molecule has 5 rings (SSSR count). The van der Waals surface area contributed by atoms with Crippen molar-refractivity contribution in [3.8, 4) is 0 Å². The molecule has 0 aliphatic heterocycles. The molecule has 0 aliphatic rings. The van der Waals surface area contributed by atoms with E-state index in [1.54, 1.807) is 70.5 Å². The molecular formula is C29H30ClN7O6. The Hall–Kier alpha value is -4.91. The predicted octanol–water partition coefficient (Wildman–Crippen LogP) is 3.82. The number of amides is 1. The molecule has 0 aliphatic carbocycles. The number of carbonyl (C=O) groups is 2. The molecular weight excluding hydrogens is 578 g/mol. The van der Waals surface area contributed by atoms with Gasteiger partial charge in [-0.15, -0.1) is 0 Å². The first kappa shape index (κ1) is 29.6. The maximum atomic E-state index is 13.9. The van der Waals surface area contributed by atoms with Crippen molar-refractivity contribution in [3.05, 3.63) is 91.7 Å². The van der Waals surface area contributed by atoms with Crippen molar-refractivity contribution >= 4 is 45.9 Å². The van der Waals surface area contributed by atoms with E-state index in [-0.39, 0.29) is 29.8 Å². The fourth-order valence-corrected chi connectivity index (χ4v) is 5.30. The Balaban J connectivity index is 1.64. The number of benzene rings is 1. The summed E-state index contributed by atoms with van der Waals surface area (Å²) in [7, 11) is 3.08. The van der Waals surface area contributed by atoms with E-state index in [0.717, 1.165) is 14.7 Å². The third kappa shape index (κ3) is 5.63. The molecule has 5 aromatic rings. The van der Waals surface area contributed by atoms with Crippen LogP contribution < -0.4 is 16.6 Å². The molecule has 4 heterocycles. The molecule has 14 heteroatoms. The summed E-state index contributed by atoms with van der Waals surface area (Å²) in [4.78, 5) is 61.1. The van der Waals surface area contributed by atoms with Crippen molar-refractivity contribution in [2.45, 2.75) is 45.4 Å². The number of aryl methyl sites for hydroxylation is 2. The molecule has 0 saturated heterocycles. The van der Waals surface area contributed by atoms with Crippen molar-refractivity contribution in [2.75, 3.05) is 0 Å². The molecule has 0 fully saturated rings. The van der Waals surface area contributed by atoms with Gasteiger partial charge in [0.15, 0.2) is 11.2 Å². The molecule has 1 amide bonds. The SMILES string of the molecule is Cn1c(C(Cc2cccnc2)NC(=O)OC(C)(C)C)nc2c1c(=O)n(Cc1cc3c(Cl)cccc3n1C(=O)O)c(=O)n2C. The third-order valence-electron chi connectivity index (χ3n) is 6.94. The Morgan fingerprint density at radius 2 is 1.86 bits per heavy atom. The number of halogens is 1. The monoisotopic (exact) mass is 607 g/mol. The molecule has 2 N–H and O–H groups in total. The number of aromatic nitrogens is 6. The second-order valence-corrected chi connectivity index (χ2v) is 11.5. The zero-order valence-corrected chi connectivity index (χ0v) is 24.9. The van der Waals surface area contributed by atoms with Crippen molar-refractivity contribution in [3.63, 3.8) is 0 Å². The van der Waals surface area contributed by atoms with Crippen LogP contribution in [0, 0.1) is 0 Å². The molecule has 1 atom stereocenters. The number of imidazole rings is 1. The van der Waals surface area contributed by atoms with Gasteiger partial charge in [-0.3, -0.25) is 18.9 Å². The fourth-order valence-electron chi connectivity index (χ4n) is 5.08. The van der Waals surface area contributed by atoms with Gasteiger partial charge in [0, 0.05) is 43.3 Å². The lowest BCUT2D eigenvalue weighted by atomic mass is 10.1. The highest BCUT2D eigenvalue weighted by Gasteiger charge is 2.28. The first-order valence-corrected chi connectivity index (χ1v) is 13.7. The normalized spacial score (nSPS) is 12.5. The standard InChI is InChI=1S/C29H30ClN7O6/c1-29(2,3)43-26(39)32-20(12-16-8-7-11-31-14-16)23-33-24-22(34(23)4)25(38)36(27(40)35(24)5)15-17-13-18-19(30)9-6-10-21(18)37(17)28(41)42/h6-11,13-14,20H,12,15H2,1-5H3,(H,32,39)(H,41,42). The van der Waals surface area contributed by atoms with E-state index in [1.165, 1.54) is 16.2 Å². The summed E-state index contributed by atoms with van der Waals surface area (Å²) in [5, 5.41) is 13.6. The summed E-state index contributed by atoms with van der Waals surface area (Å²) >= 11 is 6.30. The molecule has 224 valence electrons. The number of rotatable bonds is 6. The molecule has 4 aromatic heterocycles. The van der Waals surface area contributed by atoms with Crippen LogP contribution in [0.4, 0.5) is 9.59 Å². The summed E-state index contributed by atoms with van der Waals surface area (Å²) in [6.07, 6.45) is 1.59. The Morgan fingerprint density at radius 3 is 2.51 bits per heavy atom. The highest BCUT2D eigenvalue weighted by molar-refractivity contribution is 6.35. The molecule has 0 radical (unpaired) electrons. The number of carboxylic acid groups (broad SMARTS) is 1. The Kier molecular flexibility index (Phi) is 7.61. The minimum Gasteiger partial charge on any atom is -0.464 e. The quantitative estimate of drug-likeness (QED) is 0.295. The van der Waals surface area contributed by atoms with Crippen molar-refractivity contribution < 1.29 is 19.4 Å². The lowest BCUT2D eigenvalue weighted by Crippen LogP contribution is -2.40. The van der Waals surface area contributed by atoms with Crippen LogP contribution in [0.15, 0.2) is 58.4 Å². The van der Waals surface area contributed by atoms with Gasteiger partial charge in [0.1, 0.15) is 11.4 Å². The number of carbonyl (C=O) groups excluding carboxylic acids is 1. The van der Waals surface area contributed by atoms with E-state index in [9.17, 15) is 24.3 Å². The number of hydrogen-bond donors (Lipinski definition) is 2. The molecule has 0 bridgehead atoms. The van der Waals surface area contributed by atoms with Gasteiger partial charge in [-0.1, -0.05) is 23.7 Å². The first-order chi connectivity index (χ1) is 20.3. The van der Waals surface area contributed by atoms with Crippen molar-refractivity contribution in [2.24, 2.45) is 14.1 Å². The van der Waals surface area contributed by atoms with Gasteiger partial charge in [0.2, 0.25) is 0 Å². The van der Waals surface area contributed by atoms with Crippen LogP contribution >= 0.6 is 11.6 Å². The molecule has 43 heavy (non-hydrogen) atoms. The van der Waals surface area contributed by atoms with E-state index in [2.05, 4.69) is 15.3 Å². The molecule has 0 spiro atoms. The van der Waals surface area contributed by atoms with Gasteiger partial charge >= 0.3 is 17.9 Å². The summed E-state index contributed by atoms with van der Waals surface area (Å²) in [6, 6.07) is 9.24. The molecule has 1 unspecified atom stereocenters. The van der Waals surface area contributed by atoms with Crippen LogP contribution in [0.3, 0.4) is 0 Å². The smallest absolute Gasteiger partial charge is 0.416 e. The summed E-state index contributed by atoms with van der Waals surface area (Å²) in [5.74, 6) is 0.306. The molecule has 13 nitrogen and oxygen atoms in total. The highest BCUT2D eigenvalue weighted by Crippen LogP contribution is 2.27. The van der Waals surface area contributed by atoms with Crippen molar-refractivity contribution in [1.29, 1.82) is 0 Å². The van der Waals surface area contributed by atoms with Crippen LogP contribution in [0.25, 0.3) is 22.1 Å². The number of pyridine rings is 1. The maximum Gasteiger partial charge on any atom is 0.416 e. The molecule has 1 aromatic carbocycles. The number of fused-ring (bicyclic) bond motifs is 2.